The van der Waals surface area contributed by atoms with Crippen LogP contribution in [0.2, 0.25) is 0 Å². The molecule has 0 spiro atoms. The highest BCUT2D eigenvalue weighted by Gasteiger charge is 2.29. The van der Waals surface area contributed by atoms with Gasteiger partial charge in [-0.15, -0.1) is 0 Å². The van der Waals surface area contributed by atoms with Crippen molar-refractivity contribution in [2.24, 2.45) is 11.8 Å². The molecule has 1 fully saturated rings. The molecule has 0 aliphatic carbocycles. The van der Waals surface area contributed by atoms with Gasteiger partial charge in [0.1, 0.15) is 0 Å². The molecule has 1 N–H and O–H groups in total. The Morgan fingerprint density at radius 3 is 2.58 bits per heavy atom. The molecule has 0 bridgehead atoms. The Balaban J connectivity index is 2.45. The van der Waals surface area contributed by atoms with E-state index >= 15 is 0 Å². The van der Waals surface area contributed by atoms with Crippen LogP contribution in [0.4, 0.5) is 0 Å². The zero-order chi connectivity index (χ0) is 14.3. The highest BCUT2D eigenvalue weighted by atomic mass is 32.2. The van der Waals surface area contributed by atoms with Gasteiger partial charge in [-0.1, -0.05) is 34.6 Å². The average Bonchev–Trinajstić information content (AvgIpc) is 2.35. The fraction of sp³-hybridized carbons (Fsp3) is 1.00. The van der Waals surface area contributed by atoms with E-state index in [0.717, 1.165) is 17.9 Å². The summed E-state index contributed by atoms with van der Waals surface area (Å²) in [6, 6.07) is 1.43. The Morgan fingerprint density at radius 2 is 2.00 bits per heavy atom. The molecule has 0 aromatic carbocycles. The third kappa shape index (κ3) is 6.50. The fourth-order valence-electron chi connectivity index (χ4n) is 2.89. The first-order valence-corrected chi connectivity index (χ1v) is 9.25. The van der Waals surface area contributed by atoms with Gasteiger partial charge in [0.25, 0.3) is 0 Å². The predicted molar refractivity (Wildman–Crippen MR) is 89.1 cm³/mol. The normalized spacial score (nSPS) is 25.4. The van der Waals surface area contributed by atoms with Crippen molar-refractivity contribution in [1.82, 2.24) is 10.2 Å². The van der Waals surface area contributed by atoms with Crippen LogP contribution in [0.3, 0.4) is 0 Å². The lowest BCUT2D eigenvalue weighted by atomic mass is 9.95. The van der Waals surface area contributed by atoms with Gasteiger partial charge in [-0.3, -0.25) is 4.90 Å². The maximum atomic E-state index is 3.76. The molecule has 114 valence electrons. The van der Waals surface area contributed by atoms with Crippen molar-refractivity contribution in [3.05, 3.63) is 0 Å². The second-order valence-corrected chi connectivity index (χ2v) is 7.98. The largest absolute Gasteiger partial charge is 0.311 e. The van der Waals surface area contributed by atoms with E-state index in [1.54, 1.807) is 0 Å². The molecule has 1 heterocycles. The highest BCUT2D eigenvalue weighted by molar-refractivity contribution is 7.99. The zero-order valence-electron chi connectivity index (χ0n) is 13.6. The number of nitrogens with one attached hydrogen (secondary N) is 1. The van der Waals surface area contributed by atoms with E-state index in [1.165, 1.54) is 44.0 Å². The van der Waals surface area contributed by atoms with Crippen LogP contribution in [0.25, 0.3) is 0 Å². The van der Waals surface area contributed by atoms with Crippen LogP contribution < -0.4 is 5.32 Å². The van der Waals surface area contributed by atoms with Gasteiger partial charge in [0, 0.05) is 25.2 Å². The SMILES string of the molecule is CCSCCCN1CC(C(C)C)NCC1CC(C)C. The Bertz CT molecular complexity index is 231. The molecule has 0 aromatic heterocycles. The van der Waals surface area contributed by atoms with E-state index in [4.69, 9.17) is 0 Å². The van der Waals surface area contributed by atoms with E-state index < -0.39 is 0 Å². The Hall–Kier alpha value is 0.270. The minimum absolute atomic E-state index is 0.683. The number of piperazine rings is 1. The second-order valence-electron chi connectivity index (χ2n) is 6.59. The van der Waals surface area contributed by atoms with E-state index in [9.17, 15) is 0 Å². The molecule has 0 saturated carbocycles. The molecule has 19 heavy (non-hydrogen) atoms. The van der Waals surface area contributed by atoms with E-state index in [1.807, 2.05) is 0 Å². The summed E-state index contributed by atoms with van der Waals surface area (Å²) in [5.74, 6) is 4.12. The minimum atomic E-state index is 0.683. The monoisotopic (exact) mass is 286 g/mol. The summed E-state index contributed by atoms with van der Waals surface area (Å²) in [5, 5.41) is 3.76. The molecular weight excluding hydrogens is 252 g/mol. The quantitative estimate of drug-likeness (QED) is 0.688. The summed E-state index contributed by atoms with van der Waals surface area (Å²) in [5.41, 5.74) is 0. The summed E-state index contributed by atoms with van der Waals surface area (Å²) in [6.45, 7) is 15.3. The van der Waals surface area contributed by atoms with Gasteiger partial charge < -0.3 is 5.32 Å². The number of hydrogen-bond donors (Lipinski definition) is 1. The predicted octanol–water partition coefficient (Wildman–Crippen LogP) is 3.47. The molecular formula is C16H34N2S. The summed E-state index contributed by atoms with van der Waals surface area (Å²) in [6.07, 6.45) is 2.68. The van der Waals surface area contributed by atoms with Gasteiger partial charge in [-0.2, -0.15) is 11.8 Å². The molecule has 0 amide bonds. The van der Waals surface area contributed by atoms with Gasteiger partial charge in [-0.05, 0) is 42.7 Å². The lowest BCUT2D eigenvalue weighted by molar-refractivity contribution is 0.0998. The molecule has 2 nitrogen and oxygen atoms in total. The first-order chi connectivity index (χ1) is 9.04. The fourth-order valence-corrected chi connectivity index (χ4v) is 3.52. The first-order valence-electron chi connectivity index (χ1n) is 8.09. The third-order valence-electron chi connectivity index (χ3n) is 4.05. The third-order valence-corrected chi connectivity index (χ3v) is 5.04. The molecule has 2 unspecified atom stereocenters. The molecule has 2 atom stereocenters. The van der Waals surface area contributed by atoms with E-state index in [2.05, 4.69) is 56.6 Å². The number of hydrogen-bond acceptors (Lipinski definition) is 3. The summed E-state index contributed by atoms with van der Waals surface area (Å²) >= 11 is 2.08. The number of thioether (sulfide) groups is 1. The molecule has 0 aromatic rings. The van der Waals surface area contributed by atoms with Crippen molar-refractivity contribution in [3.63, 3.8) is 0 Å². The Morgan fingerprint density at radius 1 is 1.26 bits per heavy atom. The standard InChI is InChI=1S/C16H34N2S/c1-6-19-9-7-8-18-12-16(14(4)5)17-11-15(18)10-13(2)3/h13-17H,6-12H2,1-5H3. The molecule has 1 rings (SSSR count). The van der Waals surface area contributed by atoms with E-state index in [-0.39, 0.29) is 0 Å². The van der Waals surface area contributed by atoms with Crippen molar-refractivity contribution in [2.75, 3.05) is 31.1 Å². The van der Waals surface area contributed by atoms with Crippen LogP contribution in [-0.2, 0) is 0 Å². The number of rotatable bonds is 8. The Kier molecular flexibility index (Phi) is 8.43. The van der Waals surface area contributed by atoms with Gasteiger partial charge in [0.05, 0.1) is 0 Å². The van der Waals surface area contributed by atoms with Crippen LogP contribution in [0, 0.1) is 11.8 Å². The van der Waals surface area contributed by atoms with Crippen molar-refractivity contribution < 1.29 is 0 Å². The van der Waals surface area contributed by atoms with Crippen LogP contribution >= 0.6 is 11.8 Å². The van der Waals surface area contributed by atoms with Crippen LogP contribution in [0.15, 0.2) is 0 Å². The second kappa shape index (κ2) is 9.25. The topological polar surface area (TPSA) is 15.3 Å². The lowest BCUT2D eigenvalue weighted by Gasteiger charge is -2.42. The first kappa shape index (κ1) is 17.3. The molecule has 0 radical (unpaired) electrons. The van der Waals surface area contributed by atoms with Gasteiger partial charge in [0.15, 0.2) is 0 Å². The molecule has 1 aliphatic heterocycles. The number of nitrogens with zero attached hydrogens (tertiary/aromatic N) is 1. The van der Waals surface area contributed by atoms with Crippen molar-refractivity contribution in [1.29, 1.82) is 0 Å². The molecule has 1 saturated heterocycles. The van der Waals surface area contributed by atoms with Gasteiger partial charge in [0.2, 0.25) is 0 Å². The maximum Gasteiger partial charge on any atom is 0.0223 e. The summed E-state index contributed by atoms with van der Waals surface area (Å²) in [7, 11) is 0. The molecule has 1 aliphatic rings. The highest BCUT2D eigenvalue weighted by Crippen LogP contribution is 2.19. The van der Waals surface area contributed by atoms with Gasteiger partial charge >= 0.3 is 0 Å². The summed E-state index contributed by atoms with van der Waals surface area (Å²) < 4.78 is 0. The van der Waals surface area contributed by atoms with Crippen LogP contribution in [-0.4, -0.2) is 48.1 Å². The molecule has 3 heteroatoms. The smallest absolute Gasteiger partial charge is 0.0223 e. The van der Waals surface area contributed by atoms with Crippen molar-refractivity contribution in [3.8, 4) is 0 Å². The lowest BCUT2D eigenvalue weighted by Crippen LogP contribution is -2.58. The van der Waals surface area contributed by atoms with Gasteiger partial charge in [-0.25, -0.2) is 0 Å². The zero-order valence-corrected chi connectivity index (χ0v) is 14.4. The van der Waals surface area contributed by atoms with E-state index in [0.29, 0.717) is 6.04 Å². The Labute approximate surface area is 125 Å². The van der Waals surface area contributed by atoms with Crippen LogP contribution in [0.5, 0.6) is 0 Å². The summed E-state index contributed by atoms with van der Waals surface area (Å²) in [4.78, 5) is 2.76. The van der Waals surface area contributed by atoms with Crippen molar-refractivity contribution in [2.45, 2.75) is 59.5 Å². The van der Waals surface area contributed by atoms with Crippen LogP contribution in [0.1, 0.15) is 47.5 Å². The minimum Gasteiger partial charge on any atom is -0.311 e. The van der Waals surface area contributed by atoms with Crippen molar-refractivity contribution >= 4 is 11.8 Å². The maximum absolute atomic E-state index is 3.76. The average molecular weight is 287 g/mol.